The molecule has 178 valence electrons. The Morgan fingerprint density at radius 1 is 1.11 bits per heavy atom. The number of benzene rings is 1. The van der Waals surface area contributed by atoms with Gasteiger partial charge in [0.2, 0.25) is 0 Å². The minimum atomic E-state index is -4.61. The summed E-state index contributed by atoms with van der Waals surface area (Å²) in [6.07, 6.45) is 1.54. The Kier molecular flexibility index (Phi) is 4.97. The molecule has 1 aliphatic heterocycles. The number of fused-ring (bicyclic) bond motifs is 1. The van der Waals surface area contributed by atoms with Gasteiger partial charge in [-0.15, -0.1) is 0 Å². The fourth-order valence-electron chi connectivity index (χ4n) is 4.07. The van der Waals surface area contributed by atoms with Gasteiger partial charge in [0.25, 0.3) is 5.91 Å². The molecular formula is C23H15F4N5O3. The topological polar surface area (TPSA) is 92.7 Å². The number of carbonyl (C=O) groups excluding carboxylic acids is 2. The summed E-state index contributed by atoms with van der Waals surface area (Å²) in [7, 11) is 0. The fourth-order valence-corrected chi connectivity index (χ4v) is 4.07. The monoisotopic (exact) mass is 485 g/mol. The Labute approximate surface area is 194 Å². The molecule has 3 aromatic heterocycles. The number of imidazole rings is 1. The minimum Gasteiger partial charge on any atom is -0.503 e. The molecule has 0 bridgehead atoms. The summed E-state index contributed by atoms with van der Waals surface area (Å²) in [5, 5.41) is 14.1. The third-order valence-electron chi connectivity index (χ3n) is 5.70. The molecule has 1 amide bonds. The van der Waals surface area contributed by atoms with Crippen molar-refractivity contribution in [2.24, 2.45) is 0 Å². The van der Waals surface area contributed by atoms with Crippen LogP contribution in [0, 0.1) is 5.82 Å². The van der Waals surface area contributed by atoms with Gasteiger partial charge < -0.3 is 9.51 Å². The lowest BCUT2D eigenvalue weighted by Crippen LogP contribution is -2.31. The van der Waals surface area contributed by atoms with Gasteiger partial charge in [-0.2, -0.15) is 18.3 Å². The lowest BCUT2D eigenvalue weighted by molar-refractivity contribution is -0.137. The standard InChI is InChI=1S/C23H15F4N5O3/c1-12(33)19-20(32(22(35)21(19)34)15-4-6-30-7-5-28-18(30)9-15)16-3-2-14(8-17(16)24)31-11-13(10-29-31)23(25,26)27/h2-11,20,34H,1H3. The third-order valence-corrected chi connectivity index (χ3v) is 5.70. The van der Waals surface area contributed by atoms with Crippen molar-refractivity contribution in [1.29, 1.82) is 0 Å². The van der Waals surface area contributed by atoms with Crippen LogP contribution >= 0.6 is 0 Å². The Bertz CT molecular complexity index is 1540. The van der Waals surface area contributed by atoms with Crippen molar-refractivity contribution >= 4 is 23.0 Å². The molecule has 4 aromatic rings. The van der Waals surface area contributed by atoms with Crippen LogP contribution in [0.4, 0.5) is 23.2 Å². The number of ketones is 1. The summed E-state index contributed by atoms with van der Waals surface area (Å²) in [5.41, 5.74) is -0.720. The first kappa shape index (κ1) is 22.3. The van der Waals surface area contributed by atoms with Crippen LogP contribution in [0.25, 0.3) is 11.3 Å². The van der Waals surface area contributed by atoms with Crippen LogP contribution in [0.2, 0.25) is 0 Å². The van der Waals surface area contributed by atoms with E-state index < -0.39 is 41.0 Å². The predicted molar refractivity (Wildman–Crippen MR) is 114 cm³/mol. The van der Waals surface area contributed by atoms with Crippen molar-refractivity contribution in [2.45, 2.75) is 19.1 Å². The normalized spacial score (nSPS) is 16.5. The SMILES string of the molecule is CC(=O)C1=C(O)C(=O)N(c2ccn3ccnc3c2)C1c1ccc(-n2cc(C(F)(F)F)cn2)cc1F. The number of rotatable bonds is 4. The summed E-state index contributed by atoms with van der Waals surface area (Å²) in [4.78, 5) is 30.6. The highest BCUT2D eigenvalue weighted by atomic mass is 19.4. The van der Waals surface area contributed by atoms with E-state index in [4.69, 9.17) is 0 Å². The molecule has 0 radical (unpaired) electrons. The van der Waals surface area contributed by atoms with Gasteiger partial charge in [-0.05, 0) is 25.1 Å². The largest absolute Gasteiger partial charge is 0.503 e. The van der Waals surface area contributed by atoms with Crippen molar-refractivity contribution in [3.63, 3.8) is 0 Å². The van der Waals surface area contributed by atoms with E-state index in [1.807, 2.05) is 0 Å². The highest BCUT2D eigenvalue weighted by Gasteiger charge is 2.44. The second-order valence-corrected chi connectivity index (χ2v) is 7.85. The average Bonchev–Trinajstić information content (AvgIpc) is 3.51. The smallest absolute Gasteiger partial charge is 0.419 e. The first-order chi connectivity index (χ1) is 16.6. The van der Waals surface area contributed by atoms with Gasteiger partial charge >= 0.3 is 6.18 Å². The van der Waals surface area contributed by atoms with Crippen molar-refractivity contribution in [3.05, 3.63) is 89.6 Å². The highest BCUT2D eigenvalue weighted by Crippen LogP contribution is 2.42. The number of carbonyl (C=O) groups is 2. The quantitative estimate of drug-likeness (QED) is 0.438. The lowest BCUT2D eigenvalue weighted by Gasteiger charge is -2.27. The minimum absolute atomic E-state index is 0.00555. The zero-order chi connectivity index (χ0) is 25.1. The van der Waals surface area contributed by atoms with E-state index in [-0.39, 0.29) is 22.5 Å². The zero-order valence-corrected chi connectivity index (χ0v) is 17.9. The molecule has 4 heterocycles. The molecule has 1 atom stereocenters. The van der Waals surface area contributed by atoms with E-state index in [0.29, 0.717) is 18.0 Å². The molecule has 12 heteroatoms. The predicted octanol–water partition coefficient (Wildman–Crippen LogP) is 4.17. The van der Waals surface area contributed by atoms with Crippen LogP contribution in [0.3, 0.4) is 0 Å². The first-order valence-corrected chi connectivity index (χ1v) is 10.2. The van der Waals surface area contributed by atoms with E-state index in [0.717, 1.165) is 22.6 Å². The number of pyridine rings is 1. The third kappa shape index (κ3) is 3.63. The number of aromatic nitrogens is 4. The molecule has 35 heavy (non-hydrogen) atoms. The van der Waals surface area contributed by atoms with Gasteiger partial charge in [-0.25, -0.2) is 14.1 Å². The maximum atomic E-state index is 15.4. The van der Waals surface area contributed by atoms with E-state index in [1.54, 1.807) is 22.9 Å². The van der Waals surface area contributed by atoms with Gasteiger partial charge in [0.15, 0.2) is 11.5 Å². The van der Waals surface area contributed by atoms with Gasteiger partial charge in [-0.3, -0.25) is 14.5 Å². The molecular weight excluding hydrogens is 470 g/mol. The van der Waals surface area contributed by atoms with Crippen LogP contribution in [-0.4, -0.2) is 36.0 Å². The number of alkyl halides is 3. The maximum absolute atomic E-state index is 15.4. The number of halogens is 4. The molecule has 0 fully saturated rings. The number of nitrogens with zero attached hydrogens (tertiary/aromatic N) is 5. The van der Waals surface area contributed by atoms with Gasteiger partial charge in [-0.1, -0.05) is 6.07 Å². The summed E-state index contributed by atoms with van der Waals surface area (Å²) in [5.74, 6) is -3.27. The number of anilines is 1. The van der Waals surface area contributed by atoms with Crippen LogP contribution in [0.15, 0.2) is 72.6 Å². The average molecular weight is 485 g/mol. The van der Waals surface area contributed by atoms with Crippen molar-refractivity contribution in [1.82, 2.24) is 19.2 Å². The Morgan fingerprint density at radius 2 is 1.89 bits per heavy atom. The van der Waals surface area contributed by atoms with Crippen molar-refractivity contribution in [2.75, 3.05) is 4.90 Å². The number of aliphatic hydroxyl groups is 1. The van der Waals surface area contributed by atoms with E-state index in [2.05, 4.69) is 10.1 Å². The first-order valence-electron chi connectivity index (χ1n) is 10.2. The Morgan fingerprint density at radius 3 is 2.54 bits per heavy atom. The lowest BCUT2D eigenvalue weighted by atomic mass is 9.95. The highest BCUT2D eigenvalue weighted by molar-refractivity contribution is 6.16. The fraction of sp³-hybridized carbons (Fsp3) is 0.130. The summed E-state index contributed by atoms with van der Waals surface area (Å²) >= 11 is 0. The van der Waals surface area contributed by atoms with Crippen LogP contribution in [0.1, 0.15) is 24.1 Å². The Balaban J connectivity index is 1.61. The summed E-state index contributed by atoms with van der Waals surface area (Å²) in [6.45, 7) is 1.14. The molecule has 0 aliphatic carbocycles. The number of aliphatic hydroxyl groups excluding tert-OH is 1. The molecule has 1 N–H and O–H groups in total. The van der Waals surface area contributed by atoms with Crippen LogP contribution in [0.5, 0.6) is 0 Å². The van der Waals surface area contributed by atoms with E-state index in [9.17, 15) is 27.9 Å². The summed E-state index contributed by atoms with van der Waals surface area (Å²) in [6, 6.07) is 5.26. The number of Topliss-reactive ketones (excluding diaryl/α,β-unsaturated/α-hetero) is 1. The van der Waals surface area contributed by atoms with Crippen LogP contribution in [-0.2, 0) is 15.8 Å². The van der Waals surface area contributed by atoms with Crippen LogP contribution < -0.4 is 4.90 Å². The maximum Gasteiger partial charge on any atom is 0.419 e. The van der Waals surface area contributed by atoms with Crippen molar-refractivity contribution in [3.8, 4) is 5.69 Å². The van der Waals surface area contributed by atoms with E-state index in [1.165, 1.54) is 24.4 Å². The van der Waals surface area contributed by atoms with Gasteiger partial charge in [0.05, 0.1) is 34.8 Å². The summed E-state index contributed by atoms with van der Waals surface area (Å²) < 4.78 is 56.6. The molecule has 1 unspecified atom stereocenters. The second kappa shape index (κ2) is 7.79. The molecule has 8 nitrogen and oxygen atoms in total. The van der Waals surface area contributed by atoms with E-state index >= 15 is 4.39 Å². The zero-order valence-electron chi connectivity index (χ0n) is 17.9. The molecule has 0 saturated carbocycles. The number of hydrogen-bond donors (Lipinski definition) is 1. The van der Waals surface area contributed by atoms with Crippen molar-refractivity contribution < 1.29 is 32.3 Å². The second-order valence-electron chi connectivity index (χ2n) is 7.85. The number of amides is 1. The molecule has 1 aliphatic rings. The molecule has 0 saturated heterocycles. The molecule has 5 rings (SSSR count). The molecule has 1 aromatic carbocycles. The van der Waals surface area contributed by atoms with Gasteiger partial charge in [0.1, 0.15) is 11.5 Å². The van der Waals surface area contributed by atoms with Gasteiger partial charge in [0, 0.05) is 36.4 Å². The number of hydrogen-bond acceptors (Lipinski definition) is 5. The Hall–Kier alpha value is -4.48. The molecule has 0 spiro atoms.